The van der Waals surface area contributed by atoms with Crippen molar-refractivity contribution in [3.63, 3.8) is 0 Å². The number of nitrogens with two attached hydrogens (primary N) is 1. The molecule has 2 aromatic heterocycles. The van der Waals surface area contributed by atoms with E-state index in [1.54, 1.807) is 24.3 Å². The zero-order chi connectivity index (χ0) is 22.4. The molecule has 0 spiro atoms. The Morgan fingerprint density at radius 3 is 2.72 bits per heavy atom. The Morgan fingerprint density at radius 1 is 1.22 bits per heavy atom. The number of nitrogens with zero attached hydrogens (tertiary/aromatic N) is 4. The first kappa shape index (κ1) is 24.9. The van der Waals surface area contributed by atoms with E-state index in [9.17, 15) is 19.5 Å². The fourth-order valence-electron chi connectivity index (χ4n) is 2.79. The zero-order valence-electron chi connectivity index (χ0n) is 17.8. The molecule has 0 aliphatic rings. The van der Waals surface area contributed by atoms with E-state index in [0.29, 0.717) is 31.0 Å². The van der Waals surface area contributed by atoms with Crippen LogP contribution < -0.4 is 45.3 Å². The third kappa shape index (κ3) is 6.30. The molecular weight excluding hydrogens is 411 g/mol. The number of nitrogens with one attached hydrogen (secondary N) is 1. The number of carboxylic acids is 1. The Labute approximate surface area is 195 Å². The summed E-state index contributed by atoms with van der Waals surface area (Å²) in [6, 6.07) is 9.38. The first-order chi connectivity index (χ1) is 14.9. The van der Waals surface area contributed by atoms with Crippen LogP contribution in [0.1, 0.15) is 32.8 Å². The van der Waals surface area contributed by atoms with Crippen molar-refractivity contribution in [2.45, 2.75) is 13.0 Å². The minimum Gasteiger partial charge on any atom is -0.543 e. The number of aromatic nitrogens is 4. The summed E-state index contributed by atoms with van der Waals surface area (Å²) in [5, 5.41) is 21.6. The molecule has 2 heterocycles. The van der Waals surface area contributed by atoms with Gasteiger partial charge < -0.3 is 25.7 Å². The van der Waals surface area contributed by atoms with E-state index in [1.165, 1.54) is 34.7 Å². The van der Waals surface area contributed by atoms with Crippen LogP contribution in [0.5, 0.6) is 5.88 Å². The van der Waals surface area contributed by atoms with Crippen molar-refractivity contribution in [1.82, 2.24) is 19.6 Å². The molecular formula is C20H21LiN6O5. The Hall–Kier alpha value is -3.39. The van der Waals surface area contributed by atoms with Crippen molar-refractivity contribution < 1.29 is 38.3 Å². The number of aryl methyl sites for hydroxylation is 1. The van der Waals surface area contributed by atoms with Crippen molar-refractivity contribution >= 4 is 17.6 Å². The number of rotatable bonds is 9. The summed E-state index contributed by atoms with van der Waals surface area (Å²) in [5.74, 6) is -1.73. The number of aromatic carboxylic acids is 1. The number of carboxylic acid groups (broad SMARTS) is 1. The van der Waals surface area contributed by atoms with Gasteiger partial charge in [-0.25, -0.2) is 4.68 Å². The molecule has 3 aromatic rings. The first-order valence-electron chi connectivity index (χ1n) is 9.43. The Balaban J connectivity index is 0.00000363. The molecule has 0 saturated carbocycles. The van der Waals surface area contributed by atoms with Crippen LogP contribution in [0.15, 0.2) is 47.4 Å². The number of hydrogen-bond acceptors (Lipinski definition) is 8. The first-order valence-corrected chi connectivity index (χ1v) is 9.43. The van der Waals surface area contributed by atoms with Crippen LogP contribution in [0.2, 0.25) is 0 Å². The van der Waals surface area contributed by atoms with Crippen LogP contribution >= 0.6 is 0 Å². The summed E-state index contributed by atoms with van der Waals surface area (Å²) in [4.78, 5) is 35.9. The quantitative estimate of drug-likeness (QED) is 0.259. The smallest absolute Gasteiger partial charge is 0.543 e. The fraction of sp³-hybridized carbons (Fsp3) is 0.250. The molecule has 0 unspecified atom stereocenters. The van der Waals surface area contributed by atoms with Crippen molar-refractivity contribution in [3.8, 4) is 5.88 Å². The van der Waals surface area contributed by atoms with Gasteiger partial charge in [0.2, 0.25) is 5.88 Å². The molecule has 0 fully saturated rings. The summed E-state index contributed by atoms with van der Waals surface area (Å²) >= 11 is 0. The topological polar surface area (TPSA) is 157 Å². The van der Waals surface area contributed by atoms with Crippen LogP contribution in [0, 0.1) is 0 Å². The van der Waals surface area contributed by atoms with Gasteiger partial charge in [0.15, 0.2) is 0 Å². The molecule has 0 bridgehead atoms. The Morgan fingerprint density at radius 2 is 2.00 bits per heavy atom. The minimum absolute atomic E-state index is 0. The number of benzene rings is 1. The summed E-state index contributed by atoms with van der Waals surface area (Å²) in [5.41, 5.74) is 5.69. The maximum atomic E-state index is 12.6. The van der Waals surface area contributed by atoms with E-state index in [1.807, 2.05) is 0 Å². The maximum Gasteiger partial charge on any atom is 1.00 e. The third-order valence-electron chi connectivity index (χ3n) is 4.23. The maximum absolute atomic E-state index is 12.6. The van der Waals surface area contributed by atoms with Crippen molar-refractivity contribution in [1.29, 1.82) is 0 Å². The molecule has 1 aromatic carbocycles. The van der Waals surface area contributed by atoms with Gasteiger partial charge in [0.25, 0.3) is 11.5 Å². The van der Waals surface area contributed by atoms with Gasteiger partial charge in [-0.05, 0) is 30.7 Å². The van der Waals surface area contributed by atoms with E-state index < -0.39 is 11.9 Å². The molecule has 3 rings (SSSR count). The monoisotopic (exact) mass is 432 g/mol. The summed E-state index contributed by atoms with van der Waals surface area (Å²) in [7, 11) is 1.53. The molecule has 3 N–H and O–H groups in total. The van der Waals surface area contributed by atoms with Crippen LogP contribution in [0.25, 0.3) is 0 Å². The van der Waals surface area contributed by atoms with E-state index in [-0.39, 0.29) is 47.9 Å². The van der Waals surface area contributed by atoms with Crippen molar-refractivity contribution in [3.05, 3.63) is 69.8 Å². The van der Waals surface area contributed by atoms with Gasteiger partial charge >= 0.3 is 18.9 Å². The van der Waals surface area contributed by atoms with Crippen LogP contribution in [0.4, 0.5) is 5.69 Å². The van der Waals surface area contributed by atoms with Gasteiger partial charge in [-0.15, -0.1) is 5.10 Å². The van der Waals surface area contributed by atoms with Gasteiger partial charge in [0, 0.05) is 30.9 Å². The molecule has 0 radical (unpaired) electrons. The second-order valence-corrected chi connectivity index (χ2v) is 6.67. The SMILES string of the molecule is Cn1cc(NC(=O)c2cccc(Cn3nc(OCCCN)ccc3=O)c2)c(C(=O)[O-])n1.[Li+]. The van der Waals surface area contributed by atoms with E-state index in [0.717, 1.165) is 0 Å². The molecule has 12 heteroatoms. The van der Waals surface area contributed by atoms with Gasteiger partial charge in [0.1, 0.15) is 5.69 Å². The molecule has 32 heavy (non-hydrogen) atoms. The predicted molar refractivity (Wildman–Crippen MR) is 109 cm³/mol. The van der Waals surface area contributed by atoms with E-state index in [4.69, 9.17) is 10.5 Å². The van der Waals surface area contributed by atoms with Crippen molar-refractivity contribution in [2.24, 2.45) is 12.8 Å². The largest absolute Gasteiger partial charge is 1.00 e. The zero-order valence-corrected chi connectivity index (χ0v) is 17.8. The second kappa shape index (κ2) is 11.3. The summed E-state index contributed by atoms with van der Waals surface area (Å²) in [6.45, 7) is 0.989. The van der Waals surface area contributed by atoms with Gasteiger partial charge in [-0.2, -0.15) is 5.10 Å². The number of carbonyl (C=O) groups excluding carboxylic acids is 2. The van der Waals surface area contributed by atoms with Gasteiger partial charge in [0.05, 0.1) is 24.8 Å². The Bertz CT molecular complexity index is 1160. The van der Waals surface area contributed by atoms with E-state index in [2.05, 4.69) is 15.5 Å². The molecule has 1 amide bonds. The number of carbonyl (C=O) groups is 2. The average Bonchev–Trinajstić information content (AvgIpc) is 3.11. The normalized spacial score (nSPS) is 10.3. The predicted octanol–water partition coefficient (Wildman–Crippen LogP) is -3.63. The molecule has 0 saturated heterocycles. The Kier molecular flexibility index (Phi) is 8.78. The van der Waals surface area contributed by atoms with Gasteiger partial charge in [-0.1, -0.05) is 12.1 Å². The summed E-state index contributed by atoms with van der Waals surface area (Å²) in [6.07, 6.45) is 2.03. The molecule has 0 atom stereocenters. The van der Waals surface area contributed by atoms with Crippen LogP contribution in [0.3, 0.4) is 0 Å². The standard InChI is InChI=1S/C20H22N6O5.Li/c1-25-12-15(18(24-25)20(29)30)22-19(28)14-5-2-4-13(10-14)11-26-17(27)7-6-16(23-26)31-9-3-8-21;/h2,4-7,10,12H,3,8-9,11,21H2,1H3,(H,22,28)(H,29,30);/q;+1/p-1. The van der Waals surface area contributed by atoms with Crippen molar-refractivity contribution in [2.75, 3.05) is 18.5 Å². The number of anilines is 1. The number of hydrogen-bond donors (Lipinski definition) is 2. The van der Waals surface area contributed by atoms with Crippen LogP contribution in [-0.2, 0) is 13.6 Å². The molecule has 0 aliphatic carbocycles. The minimum atomic E-state index is -1.50. The molecule has 11 nitrogen and oxygen atoms in total. The number of amides is 1. The van der Waals surface area contributed by atoms with E-state index >= 15 is 0 Å². The molecule has 162 valence electrons. The second-order valence-electron chi connectivity index (χ2n) is 6.67. The average molecular weight is 432 g/mol. The third-order valence-corrected chi connectivity index (χ3v) is 4.23. The number of ether oxygens (including phenoxy) is 1. The van der Waals surface area contributed by atoms with Crippen LogP contribution in [-0.4, -0.2) is 44.6 Å². The fourth-order valence-corrected chi connectivity index (χ4v) is 2.79. The van der Waals surface area contributed by atoms with Gasteiger partial charge in [-0.3, -0.25) is 14.3 Å². The summed E-state index contributed by atoms with van der Waals surface area (Å²) < 4.78 is 7.95. The molecule has 0 aliphatic heterocycles.